The minimum atomic E-state index is 0.359. The van der Waals surface area contributed by atoms with E-state index in [1.54, 1.807) is 18.5 Å². The number of aromatic amines is 1. The van der Waals surface area contributed by atoms with Crippen LogP contribution in [0.25, 0.3) is 23.0 Å². The van der Waals surface area contributed by atoms with Crippen molar-refractivity contribution in [1.29, 1.82) is 0 Å². The van der Waals surface area contributed by atoms with Gasteiger partial charge in [-0.1, -0.05) is 12.1 Å². The Morgan fingerprint density at radius 1 is 1.42 bits per heavy atom. The van der Waals surface area contributed by atoms with Crippen molar-refractivity contribution in [1.82, 2.24) is 25.3 Å². The lowest BCUT2D eigenvalue weighted by molar-refractivity contribution is 0.431. The molecule has 0 radical (unpaired) electrons. The summed E-state index contributed by atoms with van der Waals surface area (Å²) in [7, 11) is 0. The molecule has 0 aliphatic carbocycles. The highest BCUT2D eigenvalue weighted by Gasteiger charge is 2.14. The number of nitrogen functional groups attached to an aromatic ring is 1. The van der Waals surface area contributed by atoms with Crippen molar-refractivity contribution in [3.63, 3.8) is 0 Å². The summed E-state index contributed by atoms with van der Waals surface area (Å²) in [4.78, 5) is 8.43. The first kappa shape index (κ1) is 11.4. The Kier molecular flexibility index (Phi) is 2.71. The molecule has 0 unspecified atom stereocenters. The molecule has 0 amide bonds. The number of pyridine rings is 1. The van der Waals surface area contributed by atoms with Crippen molar-refractivity contribution in [3.05, 3.63) is 30.1 Å². The Morgan fingerprint density at radius 2 is 2.32 bits per heavy atom. The van der Waals surface area contributed by atoms with Gasteiger partial charge in [0.1, 0.15) is 11.5 Å². The number of nitrogens with two attached hydrogens (primary N) is 1. The van der Waals surface area contributed by atoms with Gasteiger partial charge in [0.2, 0.25) is 5.82 Å². The van der Waals surface area contributed by atoms with Gasteiger partial charge in [-0.05, 0) is 18.1 Å². The van der Waals surface area contributed by atoms with Crippen LogP contribution in [-0.4, -0.2) is 25.3 Å². The van der Waals surface area contributed by atoms with Crippen molar-refractivity contribution in [2.75, 3.05) is 5.73 Å². The number of hydrogen-bond acceptors (Lipinski definition) is 6. The van der Waals surface area contributed by atoms with Gasteiger partial charge in [-0.2, -0.15) is 10.1 Å². The third-order valence-corrected chi connectivity index (χ3v) is 2.78. The third kappa shape index (κ3) is 2.05. The summed E-state index contributed by atoms with van der Waals surface area (Å²) >= 11 is 0. The Balaban J connectivity index is 2.01. The monoisotopic (exact) mass is 256 g/mol. The summed E-state index contributed by atoms with van der Waals surface area (Å²) in [5.41, 5.74) is 8.12. The lowest BCUT2D eigenvalue weighted by Crippen LogP contribution is -1.90. The van der Waals surface area contributed by atoms with Crippen molar-refractivity contribution < 1.29 is 4.52 Å². The van der Waals surface area contributed by atoms with E-state index >= 15 is 0 Å². The second-order valence-corrected chi connectivity index (χ2v) is 4.02. The van der Waals surface area contributed by atoms with Crippen LogP contribution in [0.15, 0.2) is 29.0 Å². The highest BCUT2D eigenvalue weighted by atomic mass is 16.5. The molecule has 3 heterocycles. The van der Waals surface area contributed by atoms with Crippen LogP contribution in [0.1, 0.15) is 12.5 Å². The molecule has 3 aromatic heterocycles. The van der Waals surface area contributed by atoms with Gasteiger partial charge in [0, 0.05) is 24.0 Å². The van der Waals surface area contributed by atoms with E-state index in [1.165, 1.54) is 0 Å². The highest BCUT2D eigenvalue weighted by molar-refractivity contribution is 5.61. The summed E-state index contributed by atoms with van der Waals surface area (Å²) in [6, 6.07) is 3.51. The number of aromatic nitrogens is 5. The maximum absolute atomic E-state index is 5.54. The van der Waals surface area contributed by atoms with E-state index in [2.05, 4.69) is 32.2 Å². The topological polar surface area (TPSA) is 107 Å². The molecule has 0 saturated heterocycles. The summed E-state index contributed by atoms with van der Waals surface area (Å²) in [6.07, 6.45) is 4.36. The first-order chi connectivity index (χ1) is 9.28. The van der Waals surface area contributed by atoms with Gasteiger partial charge in [-0.25, -0.2) is 0 Å². The number of nitrogens with one attached hydrogen (secondary N) is 1. The van der Waals surface area contributed by atoms with Crippen molar-refractivity contribution in [2.24, 2.45) is 0 Å². The normalized spacial score (nSPS) is 10.8. The van der Waals surface area contributed by atoms with E-state index < -0.39 is 0 Å². The SMILES string of the molecule is CCc1cnccc1-c1noc(-c2cc(N)n[nH]2)n1. The predicted octanol–water partition coefficient (Wildman–Crippen LogP) is 1.67. The zero-order valence-electron chi connectivity index (χ0n) is 10.3. The molecule has 0 atom stereocenters. The Hall–Kier alpha value is -2.70. The number of aryl methyl sites for hydroxylation is 1. The quantitative estimate of drug-likeness (QED) is 0.738. The number of H-pyrrole nitrogens is 1. The Morgan fingerprint density at radius 3 is 3.05 bits per heavy atom. The number of anilines is 1. The molecule has 0 aliphatic heterocycles. The van der Waals surface area contributed by atoms with Crippen LogP contribution in [0.5, 0.6) is 0 Å². The average molecular weight is 256 g/mol. The molecule has 3 aromatic rings. The van der Waals surface area contributed by atoms with Crippen molar-refractivity contribution in [2.45, 2.75) is 13.3 Å². The van der Waals surface area contributed by atoms with Crippen LogP contribution < -0.4 is 5.73 Å². The maximum atomic E-state index is 5.54. The largest absolute Gasteiger partial charge is 0.382 e. The van der Waals surface area contributed by atoms with Crippen molar-refractivity contribution in [3.8, 4) is 23.0 Å². The highest BCUT2D eigenvalue weighted by Crippen LogP contribution is 2.24. The van der Waals surface area contributed by atoms with Crippen LogP contribution >= 0.6 is 0 Å². The van der Waals surface area contributed by atoms with Crippen LogP contribution in [-0.2, 0) is 6.42 Å². The number of hydrogen-bond donors (Lipinski definition) is 2. The molecule has 3 rings (SSSR count). The smallest absolute Gasteiger partial charge is 0.276 e. The van der Waals surface area contributed by atoms with Crippen LogP contribution in [0.4, 0.5) is 5.82 Å². The van der Waals surface area contributed by atoms with Gasteiger partial charge in [-0.3, -0.25) is 10.1 Å². The molecule has 3 N–H and O–H groups in total. The molecule has 0 spiro atoms. The fraction of sp³-hybridized carbons (Fsp3) is 0.167. The molecular weight excluding hydrogens is 244 g/mol. The summed E-state index contributed by atoms with van der Waals surface area (Å²) in [6.45, 7) is 2.05. The number of rotatable bonds is 3. The summed E-state index contributed by atoms with van der Waals surface area (Å²) < 4.78 is 5.21. The molecule has 19 heavy (non-hydrogen) atoms. The summed E-state index contributed by atoms with van der Waals surface area (Å²) in [5.74, 6) is 1.27. The minimum absolute atomic E-state index is 0.359. The lowest BCUT2D eigenvalue weighted by Gasteiger charge is -2.00. The maximum Gasteiger partial charge on any atom is 0.276 e. The third-order valence-electron chi connectivity index (χ3n) is 2.78. The van der Waals surface area contributed by atoms with Crippen LogP contribution in [0.2, 0.25) is 0 Å². The number of nitrogens with zero attached hydrogens (tertiary/aromatic N) is 4. The Bertz CT molecular complexity index is 702. The zero-order chi connectivity index (χ0) is 13.2. The van der Waals surface area contributed by atoms with E-state index in [4.69, 9.17) is 10.3 Å². The molecule has 0 aliphatic rings. The van der Waals surface area contributed by atoms with Gasteiger partial charge >= 0.3 is 0 Å². The fourth-order valence-electron chi connectivity index (χ4n) is 1.82. The van der Waals surface area contributed by atoms with E-state index in [9.17, 15) is 0 Å². The van der Waals surface area contributed by atoms with Crippen LogP contribution in [0, 0.1) is 0 Å². The first-order valence-electron chi connectivity index (χ1n) is 5.86. The van der Waals surface area contributed by atoms with E-state index in [0.717, 1.165) is 17.5 Å². The fourth-order valence-corrected chi connectivity index (χ4v) is 1.82. The molecule has 0 aromatic carbocycles. The zero-order valence-corrected chi connectivity index (χ0v) is 10.3. The van der Waals surface area contributed by atoms with Crippen molar-refractivity contribution >= 4 is 5.82 Å². The molecule has 0 fully saturated rings. The lowest BCUT2D eigenvalue weighted by atomic mass is 10.1. The van der Waals surface area contributed by atoms with Crippen LogP contribution in [0.3, 0.4) is 0 Å². The van der Waals surface area contributed by atoms with E-state index in [-0.39, 0.29) is 0 Å². The second-order valence-electron chi connectivity index (χ2n) is 4.02. The van der Waals surface area contributed by atoms with Gasteiger partial charge in [-0.15, -0.1) is 0 Å². The predicted molar refractivity (Wildman–Crippen MR) is 68.9 cm³/mol. The Labute approximate surface area is 108 Å². The molecule has 96 valence electrons. The first-order valence-corrected chi connectivity index (χ1v) is 5.86. The molecule has 0 saturated carbocycles. The van der Waals surface area contributed by atoms with Gasteiger partial charge in [0.15, 0.2) is 0 Å². The van der Waals surface area contributed by atoms with E-state index in [0.29, 0.717) is 23.2 Å². The van der Waals surface area contributed by atoms with Gasteiger partial charge in [0.05, 0.1) is 0 Å². The summed E-state index contributed by atoms with van der Waals surface area (Å²) in [5, 5.41) is 10.5. The molecule has 0 bridgehead atoms. The molecule has 7 nitrogen and oxygen atoms in total. The second kappa shape index (κ2) is 4.52. The minimum Gasteiger partial charge on any atom is -0.382 e. The molecule has 7 heteroatoms. The molecular formula is C12H12N6O. The van der Waals surface area contributed by atoms with Gasteiger partial charge in [0.25, 0.3) is 5.89 Å². The standard InChI is InChI=1S/C12H12N6O/c1-2-7-6-14-4-3-8(7)11-15-12(19-18-11)9-5-10(13)17-16-9/h3-6H,2H2,1H3,(H3,13,16,17). The van der Waals surface area contributed by atoms with Gasteiger partial charge < -0.3 is 10.3 Å². The average Bonchev–Trinajstić information content (AvgIpc) is 3.07. The van der Waals surface area contributed by atoms with E-state index in [1.807, 2.05) is 6.07 Å².